The van der Waals surface area contributed by atoms with Gasteiger partial charge in [0.15, 0.2) is 5.82 Å². The van der Waals surface area contributed by atoms with Crippen molar-refractivity contribution in [2.45, 2.75) is 26.2 Å². The molecule has 0 aliphatic rings. The third-order valence-corrected chi connectivity index (χ3v) is 3.64. The van der Waals surface area contributed by atoms with Crippen LogP contribution in [0.1, 0.15) is 26.6 Å². The predicted octanol–water partition coefficient (Wildman–Crippen LogP) is 3.30. The van der Waals surface area contributed by atoms with Gasteiger partial charge in [-0.05, 0) is 16.8 Å². The molecular weight excluding hydrogens is 260 g/mol. The van der Waals surface area contributed by atoms with E-state index in [1.165, 1.54) is 15.4 Å². The largest absolute Gasteiger partial charge is 0.382 e. The molecule has 0 spiro atoms. The Balaban J connectivity index is 2.19. The Morgan fingerprint density at radius 1 is 1.00 bits per heavy atom. The van der Waals surface area contributed by atoms with E-state index in [2.05, 4.69) is 50.0 Å². The molecule has 0 aliphatic heterocycles. The van der Waals surface area contributed by atoms with E-state index in [4.69, 9.17) is 11.6 Å². The van der Waals surface area contributed by atoms with E-state index in [9.17, 15) is 0 Å². The average molecular weight is 280 g/mol. The first-order valence-corrected chi connectivity index (χ1v) is 7.01. The predicted molar refractivity (Wildman–Crippen MR) is 88.4 cm³/mol. The van der Waals surface area contributed by atoms with Crippen molar-refractivity contribution >= 4 is 16.6 Å². The van der Waals surface area contributed by atoms with Crippen LogP contribution in [0, 0.1) is 0 Å². The molecule has 3 aromatic rings. The van der Waals surface area contributed by atoms with E-state index in [-0.39, 0.29) is 5.41 Å². The van der Waals surface area contributed by atoms with Crippen LogP contribution in [0.25, 0.3) is 22.0 Å². The van der Waals surface area contributed by atoms with Crippen LogP contribution in [-0.4, -0.2) is 9.66 Å². The van der Waals surface area contributed by atoms with Crippen molar-refractivity contribution in [2.75, 3.05) is 11.6 Å². The molecule has 108 valence electrons. The standard InChI is InChI=1S/C17H20N4/c1-17(2,3)16-20-14(15(18)21(16)19)13-9-8-11-6-4-5-7-12(11)10-13/h4-10H,18-19H2,1-3H3. The van der Waals surface area contributed by atoms with Crippen molar-refractivity contribution in [1.29, 1.82) is 0 Å². The molecule has 3 rings (SSSR count). The van der Waals surface area contributed by atoms with Gasteiger partial charge in [0.2, 0.25) is 0 Å². The number of rotatable bonds is 1. The van der Waals surface area contributed by atoms with Crippen LogP contribution < -0.4 is 11.6 Å². The summed E-state index contributed by atoms with van der Waals surface area (Å²) in [6.45, 7) is 6.22. The lowest BCUT2D eigenvalue weighted by molar-refractivity contribution is 0.532. The van der Waals surface area contributed by atoms with Gasteiger partial charge in [-0.1, -0.05) is 57.2 Å². The topological polar surface area (TPSA) is 69.9 Å². The van der Waals surface area contributed by atoms with E-state index in [1.807, 2.05) is 18.2 Å². The SMILES string of the molecule is CC(C)(C)c1nc(-c2ccc3ccccc3c2)c(N)n1N. The zero-order valence-corrected chi connectivity index (χ0v) is 12.6. The van der Waals surface area contributed by atoms with Crippen LogP contribution in [-0.2, 0) is 5.41 Å². The second-order valence-electron chi connectivity index (χ2n) is 6.35. The highest BCUT2D eigenvalue weighted by Crippen LogP contribution is 2.31. The van der Waals surface area contributed by atoms with E-state index >= 15 is 0 Å². The number of anilines is 1. The number of hydrogen-bond donors (Lipinski definition) is 2. The maximum Gasteiger partial charge on any atom is 0.150 e. The Labute approximate surface area is 124 Å². The molecule has 4 nitrogen and oxygen atoms in total. The summed E-state index contributed by atoms with van der Waals surface area (Å²) in [4.78, 5) is 4.67. The fourth-order valence-electron chi connectivity index (χ4n) is 2.52. The van der Waals surface area contributed by atoms with Gasteiger partial charge in [-0.15, -0.1) is 0 Å². The Morgan fingerprint density at radius 2 is 1.67 bits per heavy atom. The molecule has 1 heterocycles. The summed E-state index contributed by atoms with van der Waals surface area (Å²) >= 11 is 0. The molecular formula is C17H20N4. The number of nitrogen functional groups attached to an aromatic ring is 2. The van der Waals surface area contributed by atoms with Gasteiger partial charge in [0.05, 0.1) is 0 Å². The van der Waals surface area contributed by atoms with Crippen LogP contribution in [0.4, 0.5) is 5.82 Å². The summed E-state index contributed by atoms with van der Waals surface area (Å²) in [5.74, 6) is 7.34. The lowest BCUT2D eigenvalue weighted by Crippen LogP contribution is -2.24. The molecule has 0 radical (unpaired) electrons. The monoisotopic (exact) mass is 280 g/mol. The van der Waals surface area contributed by atoms with E-state index in [1.54, 1.807) is 0 Å². The Morgan fingerprint density at radius 3 is 2.29 bits per heavy atom. The van der Waals surface area contributed by atoms with Crippen LogP contribution >= 0.6 is 0 Å². The maximum atomic E-state index is 6.15. The molecule has 4 N–H and O–H groups in total. The van der Waals surface area contributed by atoms with Crippen molar-refractivity contribution < 1.29 is 0 Å². The third-order valence-electron chi connectivity index (χ3n) is 3.64. The molecule has 2 aromatic carbocycles. The first-order valence-electron chi connectivity index (χ1n) is 7.01. The van der Waals surface area contributed by atoms with Gasteiger partial charge in [0.1, 0.15) is 11.5 Å². The minimum atomic E-state index is -0.155. The molecule has 4 heteroatoms. The summed E-state index contributed by atoms with van der Waals surface area (Å²) in [6.07, 6.45) is 0. The molecule has 0 atom stereocenters. The van der Waals surface area contributed by atoms with Gasteiger partial charge < -0.3 is 11.6 Å². The normalized spacial score (nSPS) is 12.0. The van der Waals surface area contributed by atoms with Crippen molar-refractivity contribution in [2.24, 2.45) is 0 Å². The number of fused-ring (bicyclic) bond motifs is 1. The van der Waals surface area contributed by atoms with Crippen molar-refractivity contribution in [3.05, 3.63) is 48.3 Å². The van der Waals surface area contributed by atoms with Crippen LogP contribution in [0.3, 0.4) is 0 Å². The lowest BCUT2D eigenvalue weighted by atomic mass is 9.96. The highest BCUT2D eigenvalue weighted by atomic mass is 15.4. The summed E-state index contributed by atoms with van der Waals surface area (Å²) in [5, 5.41) is 2.36. The molecule has 1 aromatic heterocycles. The Kier molecular flexibility index (Phi) is 2.90. The number of imidazole rings is 1. The summed E-state index contributed by atoms with van der Waals surface area (Å²) in [6, 6.07) is 14.4. The number of benzene rings is 2. The van der Waals surface area contributed by atoms with Gasteiger partial charge in [0.25, 0.3) is 0 Å². The molecule has 21 heavy (non-hydrogen) atoms. The highest BCUT2D eigenvalue weighted by Gasteiger charge is 2.24. The van der Waals surface area contributed by atoms with Crippen LogP contribution in [0.15, 0.2) is 42.5 Å². The minimum absolute atomic E-state index is 0.155. The van der Waals surface area contributed by atoms with E-state index < -0.39 is 0 Å². The van der Waals surface area contributed by atoms with Crippen LogP contribution in [0.2, 0.25) is 0 Å². The molecule has 0 saturated heterocycles. The summed E-state index contributed by atoms with van der Waals surface area (Å²) in [5.41, 5.74) is 7.73. The van der Waals surface area contributed by atoms with Gasteiger partial charge in [-0.25, -0.2) is 9.66 Å². The molecule has 0 fully saturated rings. The smallest absolute Gasteiger partial charge is 0.150 e. The number of aromatic nitrogens is 2. The highest BCUT2D eigenvalue weighted by molar-refractivity contribution is 5.88. The first-order chi connectivity index (χ1) is 9.88. The maximum absolute atomic E-state index is 6.15. The molecule has 0 unspecified atom stereocenters. The minimum Gasteiger partial charge on any atom is -0.382 e. The summed E-state index contributed by atoms with van der Waals surface area (Å²) < 4.78 is 1.49. The Hall–Kier alpha value is -2.49. The second-order valence-corrected chi connectivity index (χ2v) is 6.35. The molecule has 0 saturated carbocycles. The summed E-state index contributed by atoms with van der Waals surface area (Å²) in [7, 11) is 0. The molecule has 0 amide bonds. The van der Waals surface area contributed by atoms with Gasteiger partial charge in [-0.3, -0.25) is 0 Å². The second kappa shape index (κ2) is 4.52. The van der Waals surface area contributed by atoms with E-state index in [0.717, 1.165) is 17.1 Å². The van der Waals surface area contributed by atoms with Crippen molar-refractivity contribution in [1.82, 2.24) is 9.66 Å². The Bertz CT molecular complexity index is 809. The number of nitrogens with zero attached hydrogens (tertiary/aromatic N) is 2. The van der Waals surface area contributed by atoms with Gasteiger partial charge >= 0.3 is 0 Å². The lowest BCUT2D eigenvalue weighted by Gasteiger charge is -2.17. The zero-order valence-electron chi connectivity index (χ0n) is 12.6. The molecule has 0 aliphatic carbocycles. The van der Waals surface area contributed by atoms with Crippen molar-refractivity contribution in [3.63, 3.8) is 0 Å². The fraction of sp³-hybridized carbons (Fsp3) is 0.235. The van der Waals surface area contributed by atoms with Crippen LogP contribution in [0.5, 0.6) is 0 Å². The number of hydrogen-bond acceptors (Lipinski definition) is 3. The molecule has 0 bridgehead atoms. The fourth-order valence-corrected chi connectivity index (χ4v) is 2.52. The average Bonchev–Trinajstić information content (AvgIpc) is 2.75. The number of nitrogens with two attached hydrogens (primary N) is 2. The van der Waals surface area contributed by atoms with Gasteiger partial charge in [-0.2, -0.15) is 0 Å². The quantitative estimate of drug-likeness (QED) is 0.672. The zero-order chi connectivity index (χ0) is 15.2. The van der Waals surface area contributed by atoms with Crippen molar-refractivity contribution in [3.8, 4) is 11.3 Å². The van der Waals surface area contributed by atoms with Gasteiger partial charge in [0, 0.05) is 11.0 Å². The third kappa shape index (κ3) is 2.23. The van der Waals surface area contributed by atoms with E-state index in [0.29, 0.717) is 5.82 Å². The first kappa shape index (κ1) is 13.5.